The molecule has 4 aromatic carbocycles. The summed E-state index contributed by atoms with van der Waals surface area (Å²) in [7, 11) is 0.306. The second kappa shape index (κ2) is 18.6. The zero-order valence-corrected chi connectivity index (χ0v) is 32.4. The van der Waals surface area contributed by atoms with Crippen molar-refractivity contribution >= 4 is 8.80 Å². The number of benzene rings is 4. The van der Waals surface area contributed by atoms with Crippen LogP contribution in [0, 0.1) is 0 Å². The van der Waals surface area contributed by atoms with Crippen molar-refractivity contribution in [3.63, 3.8) is 0 Å². The van der Waals surface area contributed by atoms with Crippen molar-refractivity contribution in [2.24, 2.45) is 0 Å². The second-order valence-corrected chi connectivity index (χ2v) is 17.3. The second-order valence-electron chi connectivity index (χ2n) is 14.5. The van der Waals surface area contributed by atoms with Crippen molar-refractivity contribution in [1.82, 2.24) is 0 Å². The molecule has 0 aliphatic carbocycles. The van der Waals surface area contributed by atoms with E-state index in [-0.39, 0.29) is 51.1 Å². The number of ether oxygens (including phenoxy) is 6. The lowest BCUT2D eigenvalue weighted by molar-refractivity contribution is 0.0129. The quantitative estimate of drug-likeness (QED) is 0.0648. The maximum atomic E-state index is 6.35. The summed E-state index contributed by atoms with van der Waals surface area (Å²) in [5.74, 6) is 3.18. The van der Waals surface area contributed by atoms with Gasteiger partial charge in [0.15, 0.2) is 0 Å². The third kappa shape index (κ3) is 11.3. The maximum Gasteiger partial charge on any atom is 0.497 e. The van der Waals surface area contributed by atoms with E-state index in [4.69, 9.17) is 41.7 Å². The summed E-state index contributed by atoms with van der Waals surface area (Å²) in [6.07, 6.45) is 0.0264. The van der Waals surface area contributed by atoms with E-state index in [0.717, 1.165) is 36.2 Å². The molecule has 4 aromatic rings. The minimum absolute atomic E-state index is 0. The first-order valence-corrected chi connectivity index (χ1v) is 20.1. The fourth-order valence-corrected chi connectivity index (χ4v) is 6.99. The van der Waals surface area contributed by atoms with Gasteiger partial charge in [-0.15, -0.1) is 0 Å². The van der Waals surface area contributed by atoms with Gasteiger partial charge in [0.25, 0.3) is 0 Å². The maximum absolute atomic E-state index is 6.35. The van der Waals surface area contributed by atoms with E-state index in [9.17, 15) is 0 Å². The Labute approximate surface area is 324 Å². The summed E-state index contributed by atoms with van der Waals surface area (Å²) in [4.78, 5) is 0. The molecule has 0 N–H and O–H groups in total. The first-order chi connectivity index (χ1) is 25.0. The van der Waals surface area contributed by atoms with Crippen LogP contribution in [0.5, 0.6) is 23.0 Å². The van der Waals surface area contributed by atoms with Gasteiger partial charge in [-0.2, -0.15) is 0 Å². The fraction of sp³-hybridized carbons (Fsp3) is 0.455. The number of hydrogen-bond acceptors (Lipinski definition) is 9. The molecule has 0 spiro atoms. The molecule has 294 valence electrons. The van der Waals surface area contributed by atoms with E-state index in [1.165, 1.54) is 22.3 Å². The zero-order chi connectivity index (χ0) is 36.8. The van der Waals surface area contributed by atoms with Gasteiger partial charge in [0, 0.05) is 31.6 Å². The number of rotatable bonds is 20. The van der Waals surface area contributed by atoms with Gasteiger partial charge in [-0.3, -0.25) is 0 Å². The van der Waals surface area contributed by atoms with E-state index >= 15 is 0 Å². The Kier molecular flexibility index (Phi) is 14.8. The molecule has 6 rings (SSSR count). The highest BCUT2D eigenvalue weighted by Gasteiger charge is 2.36. The van der Waals surface area contributed by atoms with Crippen LogP contribution in [-0.4, -0.2) is 81.0 Å². The van der Waals surface area contributed by atoms with E-state index in [2.05, 4.69) is 76.2 Å². The number of epoxide rings is 2. The Morgan fingerprint density at radius 1 is 0.537 bits per heavy atom. The third-order valence-corrected chi connectivity index (χ3v) is 12.2. The average Bonchev–Trinajstić information content (AvgIpc) is 4.11. The molecular formula is C44H60O9Si. The molecule has 2 fully saturated rings. The summed E-state index contributed by atoms with van der Waals surface area (Å²) in [5.41, 5.74) is 4.31. The summed E-state index contributed by atoms with van der Waals surface area (Å²) >= 11 is 0. The predicted octanol–water partition coefficient (Wildman–Crippen LogP) is 8.87. The minimum Gasteiger partial charge on any atom is -0.491 e. The minimum atomic E-state index is -2.89. The first kappa shape index (κ1) is 42.8. The predicted molar refractivity (Wildman–Crippen MR) is 215 cm³/mol. The Hall–Kier alpha value is -3.90. The van der Waals surface area contributed by atoms with Crippen LogP contribution in [0.15, 0.2) is 97.1 Å². The first-order valence-electron chi connectivity index (χ1n) is 17.9. The summed E-state index contributed by atoms with van der Waals surface area (Å²) < 4.78 is 52.2. The molecule has 0 radical (unpaired) electrons. The smallest absolute Gasteiger partial charge is 0.491 e. The van der Waals surface area contributed by atoms with Gasteiger partial charge >= 0.3 is 8.80 Å². The van der Waals surface area contributed by atoms with Crippen LogP contribution < -0.4 is 18.9 Å². The number of hydrogen-bond donors (Lipinski definition) is 0. The van der Waals surface area contributed by atoms with Crippen LogP contribution in [-0.2, 0) is 33.6 Å². The SMILES string of the molecule is C.C.CO[Si](C)(OC)OC(COc1ccc(C(C)(C)c2ccc(OCC3CO3)cc2)cc1)COc1ccc(C(C)(C)c2ccc(OCC3CO3)cc2)cc1. The molecule has 2 saturated heterocycles. The molecule has 0 aromatic heterocycles. The van der Waals surface area contributed by atoms with Gasteiger partial charge in [0.2, 0.25) is 0 Å². The monoisotopic (exact) mass is 760 g/mol. The van der Waals surface area contributed by atoms with E-state index in [1.54, 1.807) is 14.2 Å². The largest absolute Gasteiger partial charge is 0.497 e. The molecule has 2 atom stereocenters. The lowest BCUT2D eigenvalue weighted by Gasteiger charge is -2.29. The van der Waals surface area contributed by atoms with E-state index < -0.39 is 14.9 Å². The van der Waals surface area contributed by atoms with Gasteiger partial charge in [0.1, 0.15) is 67.7 Å². The van der Waals surface area contributed by atoms with Crippen molar-refractivity contribution < 1.29 is 41.7 Å². The highest BCUT2D eigenvalue weighted by molar-refractivity contribution is 6.59. The Bertz CT molecular complexity index is 1580. The topological polar surface area (TPSA) is 89.7 Å². The average molecular weight is 761 g/mol. The van der Waals surface area contributed by atoms with Crippen LogP contribution in [0.25, 0.3) is 0 Å². The van der Waals surface area contributed by atoms with Crippen LogP contribution in [0.4, 0.5) is 0 Å². The highest BCUT2D eigenvalue weighted by atomic mass is 28.4. The van der Waals surface area contributed by atoms with Crippen molar-refractivity contribution in [3.8, 4) is 23.0 Å². The third-order valence-electron chi connectivity index (χ3n) is 9.97. The Balaban J connectivity index is 0.00000325. The molecular weight excluding hydrogens is 701 g/mol. The Morgan fingerprint density at radius 2 is 0.815 bits per heavy atom. The van der Waals surface area contributed by atoms with Crippen molar-refractivity contribution in [3.05, 3.63) is 119 Å². The molecule has 0 amide bonds. The van der Waals surface area contributed by atoms with Crippen LogP contribution in [0.2, 0.25) is 6.55 Å². The summed E-state index contributed by atoms with van der Waals surface area (Å²) in [6, 6.07) is 33.0. The molecule has 9 nitrogen and oxygen atoms in total. The van der Waals surface area contributed by atoms with E-state index in [1.807, 2.05) is 55.1 Å². The van der Waals surface area contributed by atoms with Crippen LogP contribution >= 0.6 is 0 Å². The van der Waals surface area contributed by atoms with Gasteiger partial charge < -0.3 is 41.7 Å². The molecule has 54 heavy (non-hydrogen) atoms. The summed E-state index contributed by atoms with van der Waals surface area (Å²) in [5, 5.41) is 0. The van der Waals surface area contributed by atoms with Gasteiger partial charge in [0.05, 0.1) is 13.2 Å². The lowest BCUT2D eigenvalue weighted by Crippen LogP contribution is -2.47. The van der Waals surface area contributed by atoms with Crippen LogP contribution in [0.1, 0.15) is 64.8 Å². The van der Waals surface area contributed by atoms with Crippen molar-refractivity contribution in [2.75, 3.05) is 53.9 Å². The zero-order valence-electron chi connectivity index (χ0n) is 31.4. The molecule has 10 heteroatoms. The molecule has 2 unspecified atom stereocenters. The van der Waals surface area contributed by atoms with Crippen LogP contribution in [0.3, 0.4) is 0 Å². The Morgan fingerprint density at radius 3 is 1.07 bits per heavy atom. The standard InChI is InChI=1S/C42H52O9Si.2CH4/c1-41(2,30-8-16-34(17-9-30)45-24-38-26-49-38)32-12-20-36(21-13-32)47-28-40(51-52(7,43-5)44-6)29-48-37-22-14-33(15-23-37)42(3,4)31-10-18-35(19-11-31)46-25-39-27-50-39;;/h8-23,38-40H,24-29H2,1-7H3;2*1H4. The normalized spacial score (nSPS) is 17.0. The van der Waals surface area contributed by atoms with Crippen molar-refractivity contribution in [1.29, 1.82) is 0 Å². The molecule has 0 saturated carbocycles. The van der Waals surface area contributed by atoms with Gasteiger partial charge in [-0.1, -0.05) is 91.1 Å². The lowest BCUT2D eigenvalue weighted by atomic mass is 9.78. The molecule has 2 aliphatic rings. The summed E-state index contributed by atoms with van der Waals surface area (Å²) in [6.45, 7) is 14.0. The highest BCUT2D eigenvalue weighted by Crippen LogP contribution is 2.35. The molecule has 2 heterocycles. The van der Waals surface area contributed by atoms with Gasteiger partial charge in [-0.05, 0) is 70.8 Å². The molecule has 0 bridgehead atoms. The van der Waals surface area contributed by atoms with Crippen molar-refractivity contribution in [2.45, 2.75) is 78.2 Å². The van der Waals surface area contributed by atoms with Gasteiger partial charge in [-0.25, -0.2) is 0 Å². The van der Waals surface area contributed by atoms with E-state index in [0.29, 0.717) is 13.2 Å². The molecule has 2 aliphatic heterocycles. The fourth-order valence-electron chi connectivity index (χ4n) is 5.89.